The van der Waals surface area contributed by atoms with Crippen molar-refractivity contribution >= 4 is 45.6 Å². The lowest BCUT2D eigenvalue weighted by Crippen LogP contribution is -1.92. The number of hydrogen-bond donors (Lipinski definition) is 2. The third kappa shape index (κ3) is 2.51. The normalized spacial score (nSPS) is 10.8. The highest BCUT2D eigenvalue weighted by molar-refractivity contribution is 6.37. The fourth-order valence-corrected chi connectivity index (χ4v) is 2.50. The Labute approximate surface area is 133 Å². The number of nitrogens with two attached hydrogens (primary N) is 1. The molecule has 2 aromatic carbocycles. The average Bonchev–Trinajstić information content (AvgIpc) is 2.84. The molecular formula is C13H8Cl2N4O3. The van der Waals surface area contributed by atoms with Crippen molar-refractivity contribution in [3.05, 3.63) is 50.5 Å². The molecule has 3 aromatic rings. The number of rotatable bonds is 3. The fraction of sp³-hybridized carbons (Fsp3) is 0. The van der Waals surface area contributed by atoms with Crippen molar-refractivity contribution in [2.75, 3.05) is 5.73 Å². The predicted molar refractivity (Wildman–Crippen MR) is 83.7 cm³/mol. The lowest BCUT2D eigenvalue weighted by molar-refractivity contribution is -0.384. The van der Waals surface area contributed by atoms with Crippen LogP contribution in [0.25, 0.3) is 10.9 Å². The Morgan fingerprint density at radius 3 is 2.55 bits per heavy atom. The van der Waals surface area contributed by atoms with Gasteiger partial charge in [-0.25, -0.2) is 0 Å². The van der Waals surface area contributed by atoms with E-state index in [0.29, 0.717) is 17.0 Å². The summed E-state index contributed by atoms with van der Waals surface area (Å²) in [6.45, 7) is 0. The maximum atomic E-state index is 10.8. The summed E-state index contributed by atoms with van der Waals surface area (Å²) in [6.07, 6.45) is 0. The molecule has 0 bridgehead atoms. The first-order valence-electron chi connectivity index (χ1n) is 6.00. The number of hydrogen-bond acceptors (Lipinski definition) is 5. The third-order valence-corrected chi connectivity index (χ3v) is 3.54. The number of anilines is 1. The second kappa shape index (κ2) is 5.36. The number of non-ortho nitro benzene ring substituents is 1. The average molecular weight is 339 g/mol. The second-order valence-corrected chi connectivity index (χ2v) is 5.23. The van der Waals surface area contributed by atoms with Gasteiger partial charge < -0.3 is 10.5 Å². The molecule has 0 spiro atoms. The van der Waals surface area contributed by atoms with Gasteiger partial charge in [-0.2, -0.15) is 5.10 Å². The first kappa shape index (κ1) is 14.4. The van der Waals surface area contributed by atoms with Gasteiger partial charge in [0, 0.05) is 17.5 Å². The van der Waals surface area contributed by atoms with Gasteiger partial charge in [0.1, 0.15) is 5.75 Å². The maximum Gasteiger partial charge on any atom is 0.272 e. The number of nitrogens with one attached hydrogen (secondary N) is 1. The molecule has 9 heteroatoms. The summed E-state index contributed by atoms with van der Waals surface area (Å²) < 4.78 is 5.62. The molecule has 0 radical (unpaired) electrons. The van der Waals surface area contributed by atoms with Crippen molar-refractivity contribution < 1.29 is 9.66 Å². The van der Waals surface area contributed by atoms with E-state index in [9.17, 15) is 10.1 Å². The molecule has 7 nitrogen and oxygen atoms in total. The number of nitrogen functional groups attached to an aromatic ring is 1. The molecule has 22 heavy (non-hydrogen) atoms. The molecule has 0 aliphatic carbocycles. The highest BCUT2D eigenvalue weighted by Gasteiger charge is 2.16. The minimum Gasteiger partial charge on any atom is -0.454 e. The Bertz CT molecular complexity index is 871. The lowest BCUT2D eigenvalue weighted by Gasteiger charge is -2.09. The van der Waals surface area contributed by atoms with Crippen molar-refractivity contribution in [2.45, 2.75) is 0 Å². The maximum absolute atomic E-state index is 10.8. The first-order valence-corrected chi connectivity index (χ1v) is 6.76. The summed E-state index contributed by atoms with van der Waals surface area (Å²) in [7, 11) is 0. The molecule has 1 aromatic heterocycles. The van der Waals surface area contributed by atoms with Gasteiger partial charge >= 0.3 is 0 Å². The van der Waals surface area contributed by atoms with E-state index in [1.165, 1.54) is 12.1 Å². The van der Waals surface area contributed by atoms with E-state index >= 15 is 0 Å². The summed E-state index contributed by atoms with van der Waals surface area (Å²) in [5.41, 5.74) is 6.27. The van der Waals surface area contributed by atoms with E-state index in [1.54, 1.807) is 18.2 Å². The number of nitro benzene ring substituents is 1. The van der Waals surface area contributed by atoms with Crippen LogP contribution in [-0.4, -0.2) is 15.1 Å². The minimum atomic E-state index is -0.584. The van der Waals surface area contributed by atoms with Crippen molar-refractivity contribution in [3.8, 4) is 11.5 Å². The molecule has 0 aliphatic heterocycles. The summed E-state index contributed by atoms with van der Waals surface area (Å²) in [5.74, 6) is 0.898. The van der Waals surface area contributed by atoms with Crippen molar-refractivity contribution in [3.63, 3.8) is 0 Å². The number of H-pyrrole nitrogens is 1. The summed E-state index contributed by atoms with van der Waals surface area (Å²) >= 11 is 12.0. The number of nitro groups is 1. The van der Waals surface area contributed by atoms with Gasteiger partial charge in [0.25, 0.3) is 5.69 Å². The van der Waals surface area contributed by atoms with Crippen LogP contribution < -0.4 is 10.5 Å². The largest absolute Gasteiger partial charge is 0.454 e. The molecule has 0 aliphatic rings. The van der Waals surface area contributed by atoms with E-state index < -0.39 is 4.92 Å². The zero-order valence-electron chi connectivity index (χ0n) is 10.8. The molecule has 0 saturated heterocycles. The van der Waals surface area contributed by atoms with E-state index in [0.717, 1.165) is 5.52 Å². The topological polar surface area (TPSA) is 107 Å². The summed E-state index contributed by atoms with van der Waals surface area (Å²) in [5, 5.41) is 18.2. The van der Waals surface area contributed by atoms with E-state index in [-0.39, 0.29) is 21.5 Å². The zero-order chi connectivity index (χ0) is 15.9. The van der Waals surface area contributed by atoms with Gasteiger partial charge in [-0.15, -0.1) is 0 Å². The molecule has 0 unspecified atom stereocenters. The summed E-state index contributed by atoms with van der Waals surface area (Å²) in [6, 6.07) is 7.43. The number of nitrogens with zero attached hydrogens (tertiary/aromatic N) is 2. The number of aromatic nitrogens is 2. The van der Waals surface area contributed by atoms with Crippen LogP contribution in [0.1, 0.15) is 0 Å². The molecule has 0 saturated carbocycles. The van der Waals surface area contributed by atoms with Crippen molar-refractivity contribution in [2.24, 2.45) is 0 Å². The number of fused-ring (bicyclic) bond motifs is 1. The van der Waals surface area contributed by atoms with Gasteiger partial charge in [0.2, 0.25) is 0 Å². The highest BCUT2D eigenvalue weighted by Crippen LogP contribution is 2.40. The Morgan fingerprint density at radius 2 is 1.91 bits per heavy atom. The van der Waals surface area contributed by atoms with Crippen LogP contribution in [0.2, 0.25) is 10.0 Å². The van der Waals surface area contributed by atoms with Gasteiger partial charge in [-0.05, 0) is 18.2 Å². The zero-order valence-corrected chi connectivity index (χ0v) is 12.4. The predicted octanol–water partition coefficient (Wildman–Crippen LogP) is 4.15. The fourth-order valence-electron chi connectivity index (χ4n) is 1.94. The smallest absolute Gasteiger partial charge is 0.272 e. The van der Waals surface area contributed by atoms with Crippen LogP contribution in [-0.2, 0) is 0 Å². The van der Waals surface area contributed by atoms with Crippen LogP contribution in [0.4, 0.5) is 11.5 Å². The van der Waals surface area contributed by atoms with Gasteiger partial charge in [0.05, 0.1) is 20.5 Å². The second-order valence-electron chi connectivity index (χ2n) is 4.41. The van der Waals surface area contributed by atoms with E-state index in [1.807, 2.05) is 0 Å². The van der Waals surface area contributed by atoms with Crippen molar-refractivity contribution in [1.29, 1.82) is 0 Å². The SMILES string of the molecule is Nc1n[nH]c2ccc(Oc3c(Cl)cc([N+](=O)[O-])cc3Cl)cc12. The highest BCUT2D eigenvalue weighted by atomic mass is 35.5. The molecule has 112 valence electrons. The number of aromatic amines is 1. The minimum absolute atomic E-state index is 0.0412. The molecule has 3 N–H and O–H groups in total. The Hall–Kier alpha value is -2.51. The van der Waals surface area contributed by atoms with Crippen LogP contribution in [0.3, 0.4) is 0 Å². The number of halogens is 2. The van der Waals surface area contributed by atoms with Gasteiger partial charge in [-0.3, -0.25) is 15.2 Å². The molecular weight excluding hydrogens is 331 g/mol. The van der Waals surface area contributed by atoms with Crippen LogP contribution >= 0.6 is 23.2 Å². The molecule has 0 fully saturated rings. The lowest BCUT2D eigenvalue weighted by atomic mass is 10.2. The standard InChI is InChI=1S/C13H8Cl2N4O3/c14-9-3-6(19(20)21)4-10(15)12(9)22-7-1-2-11-8(5-7)13(16)18-17-11/h1-5H,(H3,16,17,18). The molecule has 0 atom stereocenters. The van der Waals surface area contributed by atoms with Crippen molar-refractivity contribution in [1.82, 2.24) is 10.2 Å². The molecule has 0 amide bonds. The van der Waals surface area contributed by atoms with Gasteiger partial charge in [0.15, 0.2) is 11.6 Å². The number of benzene rings is 2. The quantitative estimate of drug-likeness (QED) is 0.550. The monoisotopic (exact) mass is 338 g/mol. The summed E-state index contributed by atoms with van der Waals surface area (Å²) in [4.78, 5) is 10.2. The van der Waals surface area contributed by atoms with E-state index in [2.05, 4.69) is 10.2 Å². The Morgan fingerprint density at radius 1 is 1.23 bits per heavy atom. The van der Waals surface area contributed by atoms with Gasteiger partial charge in [-0.1, -0.05) is 23.2 Å². The Kier molecular flexibility index (Phi) is 3.51. The van der Waals surface area contributed by atoms with Crippen LogP contribution in [0, 0.1) is 10.1 Å². The Balaban J connectivity index is 2.01. The van der Waals surface area contributed by atoms with Crippen LogP contribution in [0.5, 0.6) is 11.5 Å². The number of ether oxygens (including phenoxy) is 1. The molecule has 3 rings (SSSR count). The van der Waals surface area contributed by atoms with E-state index in [4.69, 9.17) is 33.7 Å². The van der Waals surface area contributed by atoms with Crippen LogP contribution in [0.15, 0.2) is 30.3 Å². The molecule has 1 heterocycles. The third-order valence-electron chi connectivity index (χ3n) is 2.98. The first-order chi connectivity index (χ1) is 10.5.